The van der Waals surface area contributed by atoms with Crippen LogP contribution in [0.25, 0.3) is 15.9 Å². The summed E-state index contributed by atoms with van der Waals surface area (Å²) in [6, 6.07) is 7.38. The molecule has 0 saturated heterocycles. The molecule has 0 saturated carbocycles. The molecule has 1 atom stereocenters. The number of halogens is 1. The lowest BCUT2D eigenvalue weighted by Crippen LogP contribution is -2.08. The van der Waals surface area contributed by atoms with Crippen molar-refractivity contribution in [2.45, 2.75) is 32.8 Å². The van der Waals surface area contributed by atoms with Gasteiger partial charge < -0.3 is 4.84 Å². The topological polar surface area (TPSA) is 64.7 Å². The summed E-state index contributed by atoms with van der Waals surface area (Å²) in [5, 5.41) is 10.3. The van der Waals surface area contributed by atoms with Crippen LogP contribution in [0.4, 0.5) is 0 Å². The maximum Gasteiger partial charge on any atom is 0.192 e. The van der Waals surface area contributed by atoms with Crippen LogP contribution in [0.15, 0.2) is 35.7 Å². The molecule has 5 rings (SSSR count). The van der Waals surface area contributed by atoms with Crippen LogP contribution in [0.2, 0.25) is 5.02 Å². The molecule has 0 bridgehead atoms. The highest BCUT2D eigenvalue weighted by atomic mass is 35.5. The van der Waals surface area contributed by atoms with E-state index in [0.717, 1.165) is 40.2 Å². The Morgan fingerprint density at radius 2 is 2.21 bits per heavy atom. The van der Waals surface area contributed by atoms with Crippen LogP contribution >= 0.6 is 22.9 Å². The van der Waals surface area contributed by atoms with Crippen molar-refractivity contribution in [1.82, 2.24) is 19.6 Å². The standard InChI is InChI=1S/C20H18ClN5OS/c1-12-2-7-15-16(8-12)28-20-18(15)19-24-17(25-26(19)11-22-20)10-27-23-9-13-3-5-14(21)6-4-13/h3-6,9,11-12H,2,7-8,10H2,1H3/b23-9-/t12-/m0/s1. The molecule has 3 heterocycles. The number of aromatic nitrogens is 4. The molecule has 1 aliphatic carbocycles. The van der Waals surface area contributed by atoms with Gasteiger partial charge in [0, 0.05) is 9.90 Å². The van der Waals surface area contributed by atoms with E-state index in [4.69, 9.17) is 21.4 Å². The van der Waals surface area contributed by atoms with Crippen molar-refractivity contribution < 1.29 is 4.84 Å². The van der Waals surface area contributed by atoms with Crippen molar-refractivity contribution in [1.29, 1.82) is 0 Å². The Labute approximate surface area is 170 Å². The van der Waals surface area contributed by atoms with Crippen LogP contribution in [-0.2, 0) is 24.3 Å². The number of fused-ring (bicyclic) bond motifs is 5. The molecule has 0 amide bonds. The van der Waals surface area contributed by atoms with Gasteiger partial charge in [0.2, 0.25) is 0 Å². The summed E-state index contributed by atoms with van der Waals surface area (Å²) in [7, 11) is 0. The number of rotatable bonds is 4. The molecular formula is C20H18ClN5OS. The minimum absolute atomic E-state index is 0.205. The zero-order valence-corrected chi connectivity index (χ0v) is 16.9. The summed E-state index contributed by atoms with van der Waals surface area (Å²) in [6.45, 7) is 2.52. The second-order valence-corrected chi connectivity index (χ2v) is 8.65. The van der Waals surface area contributed by atoms with Crippen LogP contribution in [-0.4, -0.2) is 25.8 Å². The third-order valence-corrected chi connectivity index (χ3v) is 6.43. The van der Waals surface area contributed by atoms with Gasteiger partial charge in [-0.3, -0.25) is 0 Å². The first-order valence-electron chi connectivity index (χ1n) is 9.23. The zero-order valence-electron chi connectivity index (χ0n) is 15.3. The van der Waals surface area contributed by atoms with E-state index in [-0.39, 0.29) is 6.61 Å². The minimum Gasteiger partial charge on any atom is -0.387 e. The van der Waals surface area contributed by atoms with Crippen LogP contribution in [0.5, 0.6) is 0 Å². The summed E-state index contributed by atoms with van der Waals surface area (Å²) >= 11 is 7.67. The normalized spacial score (nSPS) is 16.9. The van der Waals surface area contributed by atoms with E-state index < -0.39 is 0 Å². The van der Waals surface area contributed by atoms with Crippen molar-refractivity contribution in [3.63, 3.8) is 0 Å². The zero-order chi connectivity index (χ0) is 19.1. The first-order valence-corrected chi connectivity index (χ1v) is 10.4. The second kappa shape index (κ2) is 7.14. The van der Waals surface area contributed by atoms with E-state index in [1.807, 2.05) is 24.3 Å². The summed E-state index contributed by atoms with van der Waals surface area (Å²) in [5.74, 6) is 1.32. The van der Waals surface area contributed by atoms with Gasteiger partial charge in [0.1, 0.15) is 11.2 Å². The minimum atomic E-state index is 0.205. The SMILES string of the molecule is C[C@H]1CCc2c(sc3ncn4nc(CO/N=C\c5ccc(Cl)cc5)nc4c23)C1. The highest BCUT2D eigenvalue weighted by Crippen LogP contribution is 2.38. The van der Waals surface area contributed by atoms with E-state index >= 15 is 0 Å². The molecule has 3 aromatic heterocycles. The fraction of sp³-hybridized carbons (Fsp3) is 0.300. The molecule has 8 heteroatoms. The average molecular weight is 412 g/mol. The maximum absolute atomic E-state index is 5.88. The molecule has 1 aliphatic rings. The van der Waals surface area contributed by atoms with E-state index in [0.29, 0.717) is 10.8 Å². The van der Waals surface area contributed by atoms with E-state index in [1.54, 1.807) is 28.4 Å². The molecule has 4 aromatic rings. The number of hydrogen-bond donors (Lipinski definition) is 0. The Morgan fingerprint density at radius 1 is 1.36 bits per heavy atom. The molecule has 0 spiro atoms. The Balaban J connectivity index is 1.39. The van der Waals surface area contributed by atoms with Crippen molar-refractivity contribution in [2.24, 2.45) is 11.1 Å². The maximum atomic E-state index is 5.88. The summed E-state index contributed by atoms with van der Waals surface area (Å²) in [6.07, 6.45) is 6.80. The van der Waals surface area contributed by atoms with E-state index in [1.165, 1.54) is 16.9 Å². The molecule has 0 radical (unpaired) electrons. The van der Waals surface area contributed by atoms with Gasteiger partial charge in [0.05, 0.1) is 11.6 Å². The summed E-state index contributed by atoms with van der Waals surface area (Å²) in [5.41, 5.74) is 3.17. The number of hydrogen-bond acceptors (Lipinski definition) is 6. The highest BCUT2D eigenvalue weighted by molar-refractivity contribution is 7.19. The predicted molar refractivity (Wildman–Crippen MR) is 111 cm³/mol. The van der Waals surface area contributed by atoms with Gasteiger partial charge in [0.25, 0.3) is 0 Å². The van der Waals surface area contributed by atoms with Crippen molar-refractivity contribution in [3.05, 3.63) is 57.4 Å². The Morgan fingerprint density at radius 3 is 3.07 bits per heavy atom. The third kappa shape index (κ3) is 3.25. The lowest BCUT2D eigenvalue weighted by Gasteiger charge is -2.17. The molecular weight excluding hydrogens is 394 g/mol. The average Bonchev–Trinajstić information content (AvgIpc) is 3.26. The van der Waals surface area contributed by atoms with Crippen LogP contribution in [0.1, 0.15) is 35.2 Å². The summed E-state index contributed by atoms with van der Waals surface area (Å²) < 4.78 is 1.75. The number of nitrogens with zero attached hydrogens (tertiary/aromatic N) is 5. The third-order valence-electron chi connectivity index (χ3n) is 5.02. The number of thiophene rings is 1. The number of oxime groups is 1. The fourth-order valence-corrected chi connectivity index (χ4v) is 5.06. The van der Waals surface area contributed by atoms with Gasteiger partial charge in [-0.1, -0.05) is 35.8 Å². The molecule has 0 unspecified atom stereocenters. The molecule has 142 valence electrons. The fourth-order valence-electron chi connectivity index (χ4n) is 3.59. The lowest BCUT2D eigenvalue weighted by atomic mass is 9.89. The van der Waals surface area contributed by atoms with Gasteiger partial charge in [0.15, 0.2) is 18.1 Å². The van der Waals surface area contributed by atoms with Gasteiger partial charge in [-0.05, 0) is 48.4 Å². The van der Waals surface area contributed by atoms with Crippen LogP contribution < -0.4 is 0 Å². The quantitative estimate of drug-likeness (QED) is 0.361. The highest BCUT2D eigenvalue weighted by Gasteiger charge is 2.23. The molecule has 1 aromatic carbocycles. The van der Waals surface area contributed by atoms with E-state index in [9.17, 15) is 0 Å². The molecule has 6 nitrogen and oxygen atoms in total. The predicted octanol–water partition coefficient (Wildman–Crippen LogP) is 4.67. The number of benzene rings is 1. The largest absolute Gasteiger partial charge is 0.387 e. The second-order valence-electron chi connectivity index (χ2n) is 7.13. The summed E-state index contributed by atoms with van der Waals surface area (Å²) in [4.78, 5) is 17.2. The first-order chi connectivity index (χ1) is 13.7. The molecule has 0 fully saturated rings. The molecule has 0 N–H and O–H groups in total. The van der Waals surface area contributed by atoms with Gasteiger partial charge >= 0.3 is 0 Å². The molecule has 0 aliphatic heterocycles. The molecule has 28 heavy (non-hydrogen) atoms. The van der Waals surface area contributed by atoms with Gasteiger partial charge in [-0.25, -0.2) is 14.5 Å². The van der Waals surface area contributed by atoms with Crippen molar-refractivity contribution in [3.8, 4) is 0 Å². The van der Waals surface area contributed by atoms with Crippen molar-refractivity contribution in [2.75, 3.05) is 0 Å². The van der Waals surface area contributed by atoms with Gasteiger partial charge in [-0.2, -0.15) is 0 Å². The Bertz CT molecular complexity index is 1180. The Kier molecular flexibility index (Phi) is 4.49. The first kappa shape index (κ1) is 17.6. The van der Waals surface area contributed by atoms with Gasteiger partial charge in [-0.15, -0.1) is 16.4 Å². The van der Waals surface area contributed by atoms with E-state index in [2.05, 4.69) is 22.2 Å². The van der Waals surface area contributed by atoms with Crippen LogP contribution in [0, 0.1) is 5.92 Å². The smallest absolute Gasteiger partial charge is 0.192 e. The lowest BCUT2D eigenvalue weighted by molar-refractivity contribution is 0.126. The van der Waals surface area contributed by atoms with Crippen LogP contribution in [0.3, 0.4) is 0 Å². The number of aryl methyl sites for hydroxylation is 1. The Hall–Kier alpha value is -2.51. The van der Waals surface area contributed by atoms with Crippen molar-refractivity contribution >= 4 is 45.0 Å². The monoisotopic (exact) mass is 411 g/mol.